The monoisotopic (exact) mass is 368 g/mol. The molecule has 1 aromatic rings. The van der Waals surface area contributed by atoms with Gasteiger partial charge in [0, 0.05) is 18.8 Å². The number of carbonyl (C=O) groups excluding carboxylic acids is 1. The van der Waals surface area contributed by atoms with E-state index < -0.39 is 48.8 Å². The second-order valence-electron chi connectivity index (χ2n) is 5.46. The number of rotatable bonds is 4. The molecule has 1 aromatic carbocycles. The Morgan fingerprint density at radius 2 is 2.00 bits per heavy atom. The van der Waals surface area contributed by atoms with Crippen molar-refractivity contribution in [2.45, 2.75) is 6.18 Å². The van der Waals surface area contributed by atoms with Crippen molar-refractivity contribution in [1.29, 1.82) is 0 Å². The van der Waals surface area contributed by atoms with Gasteiger partial charge in [0.25, 0.3) is 0 Å². The Hall–Kier alpha value is -1.87. The van der Waals surface area contributed by atoms with E-state index in [1.807, 2.05) is 0 Å². The number of carbonyl (C=O) groups is 2. The number of nitrogens with zero attached hydrogens (tertiary/aromatic N) is 1. The van der Waals surface area contributed by atoms with Crippen LogP contribution in [0.25, 0.3) is 0 Å². The van der Waals surface area contributed by atoms with Gasteiger partial charge in [0.15, 0.2) is 0 Å². The number of anilines is 1. The molecule has 0 radical (unpaired) electrons. The maximum Gasteiger partial charge on any atom is 0.393 e. The van der Waals surface area contributed by atoms with Gasteiger partial charge in [-0.2, -0.15) is 13.2 Å². The minimum absolute atomic E-state index is 0.188. The van der Waals surface area contributed by atoms with E-state index in [0.29, 0.717) is 0 Å². The zero-order valence-corrected chi connectivity index (χ0v) is 12.9. The fourth-order valence-corrected chi connectivity index (χ4v) is 2.75. The highest BCUT2D eigenvalue weighted by Gasteiger charge is 2.52. The van der Waals surface area contributed by atoms with E-state index in [1.54, 1.807) is 0 Å². The minimum atomic E-state index is -4.65. The van der Waals surface area contributed by atoms with Crippen LogP contribution in [-0.2, 0) is 9.59 Å². The van der Waals surface area contributed by atoms with Crippen LogP contribution >= 0.6 is 11.6 Å². The molecule has 5 nitrogen and oxygen atoms in total. The third-order valence-electron chi connectivity index (χ3n) is 3.70. The van der Waals surface area contributed by atoms with E-state index in [9.17, 15) is 27.2 Å². The van der Waals surface area contributed by atoms with Gasteiger partial charge in [-0.05, 0) is 18.2 Å². The molecule has 24 heavy (non-hydrogen) atoms. The van der Waals surface area contributed by atoms with Crippen molar-refractivity contribution in [2.24, 2.45) is 11.8 Å². The van der Waals surface area contributed by atoms with Gasteiger partial charge in [-0.15, -0.1) is 0 Å². The number of amides is 1. The highest BCUT2D eigenvalue weighted by atomic mass is 35.5. The van der Waals surface area contributed by atoms with Crippen molar-refractivity contribution in [1.82, 2.24) is 4.90 Å². The van der Waals surface area contributed by atoms with Crippen LogP contribution in [0.15, 0.2) is 18.2 Å². The summed E-state index contributed by atoms with van der Waals surface area (Å²) in [7, 11) is 0. The highest BCUT2D eigenvalue weighted by molar-refractivity contribution is 6.31. The number of carboxylic acids is 1. The average molecular weight is 369 g/mol. The molecule has 10 heteroatoms. The zero-order valence-electron chi connectivity index (χ0n) is 12.1. The molecular weight excluding hydrogens is 356 g/mol. The summed E-state index contributed by atoms with van der Waals surface area (Å²) >= 11 is 5.56. The molecule has 1 saturated heterocycles. The van der Waals surface area contributed by atoms with E-state index in [4.69, 9.17) is 16.7 Å². The molecule has 1 aliphatic heterocycles. The van der Waals surface area contributed by atoms with Gasteiger partial charge in [0.1, 0.15) is 5.82 Å². The van der Waals surface area contributed by atoms with Crippen LogP contribution in [0, 0.1) is 17.7 Å². The summed E-state index contributed by atoms with van der Waals surface area (Å²) in [6, 6.07) is 3.45. The smallest absolute Gasteiger partial charge is 0.393 e. The first kappa shape index (κ1) is 18.5. The molecule has 0 aliphatic carbocycles. The summed E-state index contributed by atoms with van der Waals surface area (Å²) in [5, 5.41) is 11.1. The van der Waals surface area contributed by atoms with E-state index in [0.717, 1.165) is 17.0 Å². The predicted molar refractivity (Wildman–Crippen MR) is 77.2 cm³/mol. The van der Waals surface area contributed by atoms with Crippen LogP contribution in [-0.4, -0.2) is 47.7 Å². The fraction of sp³-hybridized carbons (Fsp3) is 0.429. The van der Waals surface area contributed by atoms with Gasteiger partial charge in [0.2, 0.25) is 5.91 Å². The number of hydrogen-bond acceptors (Lipinski definition) is 3. The molecule has 1 aliphatic rings. The molecule has 0 bridgehead atoms. The number of nitrogens with one attached hydrogen (secondary N) is 1. The van der Waals surface area contributed by atoms with Crippen molar-refractivity contribution >= 4 is 29.2 Å². The topological polar surface area (TPSA) is 69.6 Å². The van der Waals surface area contributed by atoms with Gasteiger partial charge >= 0.3 is 12.1 Å². The standard InChI is InChI=1S/C14H13ClF4N2O3/c15-10-3-7(1-2-11(10)16)20-12(22)6-21-4-8(13(23)24)9(5-21)14(17,18)19/h1-3,8-9H,4-6H2,(H,20,22)(H,23,24)/t8-,9-/m1/s1. The molecular formula is C14H13ClF4N2O3. The van der Waals surface area contributed by atoms with Crippen LogP contribution in [0.1, 0.15) is 0 Å². The Morgan fingerprint density at radius 1 is 1.33 bits per heavy atom. The number of likely N-dealkylation sites (tertiary alicyclic amines) is 1. The predicted octanol–water partition coefficient (Wildman–Crippen LogP) is 2.61. The van der Waals surface area contributed by atoms with E-state index in [2.05, 4.69) is 5.32 Å². The first-order valence-corrected chi connectivity index (χ1v) is 7.22. The third-order valence-corrected chi connectivity index (χ3v) is 3.99. The zero-order chi connectivity index (χ0) is 18.1. The van der Waals surface area contributed by atoms with Crippen LogP contribution in [0.3, 0.4) is 0 Å². The first-order valence-electron chi connectivity index (χ1n) is 6.84. The molecule has 0 aromatic heterocycles. The lowest BCUT2D eigenvalue weighted by molar-refractivity contribution is -0.188. The highest BCUT2D eigenvalue weighted by Crippen LogP contribution is 2.37. The first-order chi connectivity index (χ1) is 11.1. The van der Waals surface area contributed by atoms with Gasteiger partial charge in [-0.1, -0.05) is 11.6 Å². The van der Waals surface area contributed by atoms with Crippen molar-refractivity contribution in [3.05, 3.63) is 29.0 Å². The van der Waals surface area contributed by atoms with E-state index in [-0.39, 0.29) is 17.3 Å². The maximum absolute atomic E-state index is 13.0. The quantitative estimate of drug-likeness (QED) is 0.802. The van der Waals surface area contributed by atoms with Crippen LogP contribution in [0.2, 0.25) is 5.02 Å². The van der Waals surface area contributed by atoms with Crippen molar-refractivity contribution in [3.63, 3.8) is 0 Å². The number of benzene rings is 1. The third kappa shape index (κ3) is 4.35. The summed E-state index contributed by atoms with van der Waals surface area (Å²) in [6.45, 7) is -1.36. The minimum Gasteiger partial charge on any atom is -0.481 e. The molecule has 132 valence electrons. The van der Waals surface area contributed by atoms with E-state index in [1.165, 1.54) is 6.07 Å². The Kier molecular flexibility index (Phi) is 5.34. The number of aliphatic carboxylic acids is 1. The molecule has 1 heterocycles. The Labute approximate surface area is 139 Å². The normalized spacial score (nSPS) is 21.7. The summed E-state index contributed by atoms with van der Waals surface area (Å²) < 4.78 is 51.6. The molecule has 2 atom stereocenters. The van der Waals surface area contributed by atoms with Crippen molar-refractivity contribution in [2.75, 3.05) is 25.0 Å². The summed E-state index contributed by atoms with van der Waals surface area (Å²) in [6.07, 6.45) is -4.65. The number of halogens is 5. The Morgan fingerprint density at radius 3 is 2.50 bits per heavy atom. The van der Waals surface area contributed by atoms with Crippen molar-refractivity contribution in [3.8, 4) is 0 Å². The number of carboxylic acid groups (broad SMARTS) is 1. The molecule has 0 spiro atoms. The van der Waals surface area contributed by atoms with Gasteiger partial charge < -0.3 is 10.4 Å². The summed E-state index contributed by atoms with van der Waals surface area (Å²) in [4.78, 5) is 24.0. The molecule has 1 fully saturated rings. The Bertz CT molecular complexity index is 653. The van der Waals surface area contributed by atoms with Gasteiger partial charge in [-0.25, -0.2) is 4.39 Å². The average Bonchev–Trinajstić information content (AvgIpc) is 2.87. The van der Waals surface area contributed by atoms with Gasteiger partial charge in [-0.3, -0.25) is 14.5 Å². The lowest BCUT2D eigenvalue weighted by Crippen LogP contribution is -2.34. The van der Waals surface area contributed by atoms with Crippen LogP contribution in [0.4, 0.5) is 23.2 Å². The maximum atomic E-state index is 13.0. The Balaban J connectivity index is 1.99. The number of hydrogen-bond donors (Lipinski definition) is 2. The second kappa shape index (κ2) is 6.94. The fourth-order valence-electron chi connectivity index (χ4n) is 2.57. The largest absolute Gasteiger partial charge is 0.481 e. The van der Waals surface area contributed by atoms with Crippen molar-refractivity contribution < 1.29 is 32.3 Å². The summed E-state index contributed by atoms with van der Waals surface area (Å²) in [5.41, 5.74) is 0.188. The lowest BCUT2D eigenvalue weighted by atomic mass is 9.96. The van der Waals surface area contributed by atoms with E-state index >= 15 is 0 Å². The number of alkyl halides is 3. The molecule has 0 unspecified atom stereocenters. The summed E-state index contributed by atoms with van der Waals surface area (Å²) in [5.74, 6) is -6.51. The second-order valence-corrected chi connectivity index (χ2v) is 5.87. The molecule has 0 saturated carbocycles. The lowest BCUT2D eigenvalue weighted by Gasteiger charge is -2.18. The molecule has 1 amide bonds. The van der Waals surface area contributed by atoms with Gasteiger partial charge in [0.05, 0.1) is 23.4 Å². The van der Waals surface area contributed by atoms with Crippen LogP contribution in [0.5, 0.6) is 0 Å². The van der Waals surface area contributed by atoms with Crippen LogP contribution < -0.4 is 5.32 Å². The molecule has 2 N–H and O–H groups in total. The molecule has 2 rings (SSSR count). The SMILES string of the molecule is O=C(CN1C[C@@H](C(F)(F)F)[C@H](C(=O)O)C1)Nc1ccc(F)c(Cl)c1.